The molecule has 0 aliphatic rings. The normalized spacial score (nSPS) is 11.9. The molecule has 128 valence electrons. The van der Waals surface area contributed by atoms with Gasteiger partial charge in [0.25, 0.3) is 0 Å². The SMILES string of the molecule is CCOC(=O)C(C)(C)CSC(=S)SCC(C)(C)C(=O)OCC. The first-order chi connectivity index (χ1) is 10.1. The Bertz CT molecular complexity index is 370. The lowest BCUT2D eigenvalue weighted by Crippen LogP contribution is -2.30. The number of thioether (sulfide) groups is 2. The molecular weight excluding hydrogens is 340 g/mol. The standard InChI is InChI=1S/C15H26O4S3/c1-7-18-11(16)14(3,4)9-21-13(20)22-10-15(5,6)12(17)19-8-2/h7-10H2,1-6H3. The maximum absolute atomic E-state index is 11.8. The molecule has 0 bridgehead atoms. The van der Waals surface area contributed by atoms with Crippen LogP contribution in [0.15, 0.2) is 0 Å². The summed E-state index contributed by atoms with van der Waals surface area (Å²) >= 11 is 8.20. The van der Waals surface area contributed by atoms with Crippen molar-refractivity contribution in [3.05, 3.63) is 0 Å². The van der Waals surface area contributed by atoms with E-state index < -0.39 is 10.8 Å². The first-order valence-corrected chi connectivity index (χ1v) is 9.58. The van der Waals surface area contributed by atoms with E-state index >= 15 is 0 Å². The van der Waals surface area contributed by atoms with Gasteiger partial charge in [-0.2, -0.15) is 0 Å². The molecule has 0 aliphatic carbocycles. The molecule has 7 heteroatoms. The number of thiocarbonyl (C=S) groups is 1. The molecule has 0 saturated heterocycles. The molecule has 0 saturated carbocycles. The molecule has 0 unspecified atom stereocenters. The van der Waals surface area contributed by atoms with E-state index in [1.807, 2.05) is 27.7 Å². The van der Waals surface area contributed by atoms with Gasteiger partial charge in [-0.1, -0.05) is 12.2 Å². The first kappa shape index (κ1) is 21.7. The van der Waals surface area contributed by atoms with Crippen molar-refractivity contribution in [2.24, 2.45) is 10.8 Å². The summed E-state index contributed by atoms with van der Waals surface area (Å²) in [6.07, 6.45) is 0. The number of hydrogen-bond acceptors (Lipinski definition) is 7. The fraction of sp³-hybridized carbons (Fsp3) is 0.800. The minimum Gasteiger partial charge on any atom is -0.466 e. The third kappa shape index (κ3) is 7.83. The van der Waals surface area contributed by atoms with Crippen molar-refractivity contribution in [3.8, 4) is 0 Å². The zero-order valence-electron chi connectivity index (χ0n) is 14.2. The number of carbonyl (C=O) groups excluding carboxylic acids is 2. The molecule has 0 N–H and O–H groups in total. The van der Waals surface area contributed by atoms with Gasteiger partial charge in [0.2, 0.25) is 0 Å². The van der Waals surface area contributed by atoms with Crippen molar-refractivity contribution < 1.29 is 19.1 Å². The molecule has 0 atom stereocenters. The lowest BCUT2D eigenvalue weighted by molar-refractivity contribution is -0.152. The van der Waals surface area contributed by atoms with Gasteiger partial charge in [-0.05, 0) is 41.5 Å². The van der Waals surface area contributed by atoms with Crippen LogP contribution in [-0.2, 0) is 19.1 Å². The molecule has 22 heavy (non-hydrogen) atoms. The smallest absolute Gasteiger partial charge is 0.312 e. The van der Waals surface area contributed by atoms with E-state index in [2.05, 4.69) is 0 Å². The zero-order chi connectivity index (χ0) is 17.4. The summed E-state index contributed by atoms with van der Waals surface area (Å²) in [5.41, 5.74) is -1.16. The van der Waals surface area contributed by atoms with Crippen molar-refractivity contribution >= 4 is 51.2 Å². The average molecular weight is 367 g/mol. The van der Waals surface area contributed by atoms with Crippen LogP contribution in [0.3, 0.4) is 0 Å². The third-order valence-electron chi connectivity index (χ3n) is 2.76. The predicted octanol–water partition coefficient (Wildman–Crippen LogP) is 3.92. The minimum atomic E-state index is -0.581. The van der Waals surface area contributed by atoms with Gasteiger partial charge in [-0.15, -0.1) is 23.5 Å². The highest BCUT2D eigenvalue weighted by atomic mass is 32.2. The molecule has 0 aliphatic heterocycles. The van der Waals surface area contributed by atoms with E-state index in [-0.39, 0.29) is 11.9 Å². The Kier molecular flexibility index (Phi) is 9.66. The quantitative estimate of drug-likeness (QED) is 0.477. The van der Waals surface area contributed by atoms with Crippen LogP contribution in [0, 0.1) is 10.8 Å². The lowest BCUT2D eigenvalue weighted by Gasteiger charge is -2.23. The summed E-state index contributed by atoms with van der Waals surface area (Å²) in [7, 11) is 0. The zero-order valence-corrected chi connectivity index (χ0v) is 16.6. The van der Waals surface area contributed by atoms with Gasteiger partial charge in [0, 0.05) is 11.5 Å². The Hall–Kier alpha value is -0.270. The minimum absolute atomic E-state index is 0.220. The van der Waals surface area contributed by atoms with E-state index in [0.717, 1.165) is 3.53 Å². The van der Waals surface area contributed by atoms with Crippen LogP contribution in [0.1, 0.15) is 41.5 Å². The molecular formula is C15H26O4S3. The van der Waals surface area contributed by atoms with E-state index in [1.54, 1.807) is 13.8 Å². The Labute approximate surface area is 147 Å². The molecule has 0 aromatic rings. The lowest BCUT2D eigenvalue weighted by atomic mass is 9.97. The fourth-order valence-corrected chi connectivity index (χ4v) is 3.52. The molecule has 0 radical (unpaired) electrons. The number of esters is 2. The summed E-state index contributed by atoms with van der Waals surface area (Å²) in [5.74, 6) is 0.666. The summed E-state index contributed by atoms with van der Waals surface area (Å²) in [5, 5.41) is 0. The van der Waals surface area contributed by atoms with Crippen LogP contribution in [0.2, 0.25) is 0 Å². The number of hydrogen-bond donors (Lipinski definition) is 0. The average Bonchev–Trinajstić information content (AvgIpc) is 2.43. The van der Waals surface area contributed by atoms with Crippen molar-refractivity contribution in [2.45, 2.75) is 41.5 Å². The number of carbonyl (C=O) groups is 2. The molecule has 0 aromatic carbocycles. The van der Waals surface area contributed by atoms with Crippen LogP contribution in [-0.4, -0.2) is 40.2 Å². The molecule has 0 aromatic heterocycles. The predicted molar refractivity (Wildman–Crippen MR) is 98.3 cm³/mol. The topological polar surface area (TPSA) is 52.6 Å². The van der Waals surface area contributed by atoms with Crippen molar-refractivity contribution in [2.75, 3.05) is 24.7 Å². The van der Waals surface area contributed by atoms with Crippen LogP contribution in [0.4, 0.5) is 0 Å². The second-order valence-electron chi connectivity index (χ2n) is 6.04. The van der Waals surface area contributed by atoms with Crippen molar-refractivity contribution in [1.82, 2.24) is 0 Å². The maximum Gasteiger partial charge on any atom is 0.312 e. The number of ether oxygens (including phenoxy) is 2. The maximum atomic E-state index is 11.8. The van der Waals surface area contributed by atoms with E-state index in [0.29, 0.717) is 24.7 Å². The van der Waals surface area contributed by atoms with Gasteiger partial charge in [0.05, 0.1) is 24.0 Å². The summed E-state index contributed by atoms with van der Waals surface area (Å²) in [4.78, 5) is 23.6. The fourth-order valence-electron chi connectivity index (χ4n) is 1.29. The van der Waals surface area contributed by atoms with Crippen LogP contribution >= 0.6 is 35.7 Å². The second-order valence-corrected chi connectivity index (χ2v) is 9.19. The number of rotatable bonds is 8. The van der Waals surface area contributed by atoms with E-state index in [4.69, 9.17) is 21.7 Å². The Balaban J connectivity index is 4.30. The molecule has 0 heterocycles. The van der Waals surface area contributed by atoms with Gasteiger partial charge in [-0.3, -0.25) is 9.59 Å². The molecule has 0 fully saturated rings. The van der Waals surface area contributed by atoms with Gasteiger partial charge in [0.1, 0.15) is 3.53 Å². The summed E-state index contributed by atoms with van der Waals surface area (Å²) in [6, 6.07) is 0. The van der Waals surface area contributed by atoms with Crippen molar-refractivity contribution in [1.29, 1.82) is 0 Å². The van der Waals surface area contributed by atoms with E-state index in [9.17, 15) is 9.59 Å². The third-order valence-corrected chi connectivity index (χ3v) is 6.38. The monoisotopic (exact) mass is 366 g/mol. The molecule has 0 amide bonds. The summed E-state index contributed by atoms with van der Waals surface area (Å²) < 4.78 is 10.8. The second kappa shape index (κ2) is 9.78. The molecule has 0 spiro atoms. The largest absolute Gasteiger partial charge is 0.466 e. The Morgan fingerprint density at radius 3 is 1.45 bits per heavy atom. The summed E-state index contributed by atoms with van der Waals surface area (Å²) in [6.45, 7) is 11.7. The van der Waals surface area contributed by atoms with Crippen LogP contribution < -0.4 is 0 Å². The van der Waals surface area contributed by atoms with Gasteiger partial charge >= 0.3 is 11.9 Å². The van der Waals surface area contributed by atoms with Crippen LogP contribution in [0.25, 0.3) is 0 Å². The first-order valence-electron chi connectivity index (χ1n) is 7.20. The van der Waals surface area contributed by atoms with Gasteiger partial charge in [0.15, 0.2) is 0 Å². The Morgan fingerprint density at radius 2 is 1.18 bits per heavy atom. The van der Waals surface area contributed by atoms with Gasteiger partial charge < -0.3 is 9.47 Å². The van der Waals surface area contributed by atoms with Crippen molar-refractivity contribution in [3.63, 3.8) is 0 Å². The van der Waals surface area contributed by atoms with E-state index in [1.165, 1.54) is 23.5 Å². The highest BCUT2D eigenvalue weighted by Gasteiger charge is 2.32. The van der Waals surface area contributed by atoms with Gasteiger partial charge in [-0.25, -0.2) is 0 Å². The highest BCUT2D eigenvalue weighted by molar-refractivity contribution is 8.47. The highest BCUT2D eigenvalue weighted by Crippen LogP contribution is 2.31. The van der Waals surface area contributed by atoms with Crippen LogP contribution in [0.5, 0.6) is 0 Å². The molecule has 0 rings (SSSR count). The molecule has 4 nitrogen and oxygen atoms in total. The Morgan fingerprint density at radius 1 is 0.864 bits per heavy atom.